The van der Waals surface area contributed by atoms with Gasteiger partial charge in [-0.15, -0.1) is 0 Å². The molecule has 2 heterocycles. The average Bonchev–Trinajstić information content (AvgIpc) is 2.89. The van der Waals surface area contributed by atoms with Gasteiger partial charge in [0.1, 0.15) is 5.82 Å². The maximum atomic E-state index is 7.17. The van der Waals surface area contributed by atoms with Crippen molar-refractivity contribution >= 4 is 10.3 Å². The Morgan fingerprint density at radius 2 is 1.54 bits per heavy atom. The Morgan fingerprint density at radius 1 is 0.974 bits per heavy atom. The van der Waals surface area contributed by atoms with Crippen LogP contribution in [0.3, 0.4) is 0 Å². The summed E-state index contributed by atoms with van der Waals surface area (Å²) >= 11 is 0. The highest BCUT2D eigenvalue weighted by molar-refractivity contribution is 8.31. The summed E-state index contributed by atoms with van der Waals surface area (Å²) in [5.74, 6) is 1.59. The molecule has 1 aromatic heterocycles. The van der Waals surface area contributed by atoms with E-state index in [-0.39, 0.29) is 17.7 Å². The second-order valence-corrected chi connectivity index (χ2v) is 16.1. The molecule has 2 atom stereocenters. The zero-order chi connectivity index (χ0) is 28.1. The molecule has 39 heavy (non-hydrogen) atoms. The van der Waals surface area contributed by atoms with Crippen molar-refractivity contribution in [1.29, 1.82) is 0 Å². The quantitative estimate of drug-likeness (QED) is 0.275. The van der Waals surface area contributed by atoms with Gasteiger partial charge in [0.25, 0.3) is 0 Å². The molecule has 0 radical (unpaired) electrons. The number of nitrogens with one attached hydrogen (secondary N) is 1. The molecule has 0 aliphatic carbocycles. The molecule has 0 spiro atoms. The van der Waals surface area contributed by atoms with Gasteiger partial charge in [-0.05, 0) is 83.6 Å². The zero-order valence-corrected chi connectivity index (χ0v) is 25.6. The van der Waals surface area contributed by atoms with E-state index in [1.165, 1.54) is 16.2 Å². The van der Waals surface area contributed by atoms with E-state index < -0.39 is 10.3 Å². The lowest BCUT2D eigenvalue weighted by atomic mass is 9.74. The summed E-state index contributed by atoms with van der Waals surface area (Å²) in [6.45, 7) is 16.4. The number of benzene rings is 2. The van der Waals surface area contributed by atoms with Crippen molar-refractivity contribution in [3.05, 3.63) is 78.9 Å². The Balaban J connectivity index is 0.00000441. The molecule has 5 nitrogen and oxygen atoms in total. The maximum absolute atomic E-state index is 7.17. The van der Waals surface area contributed by atoms with Crippen molar-refractivity contribution in [1.82, 2.24) is 15.3 Å². The van der Waals surface area contributed by atoms with Crippen molar-refractivity contribution in [2.24, 2.45) is 5.41 Å². The second-order valence-electron chi connectivity index (χ2n) is 12.6. The van der Waals surface area contributed by atoms with E-state index in [9.17, 15) is 0 Å². The second kappa shape index (κ2) is 12.4. The van der Waals surface area contributed by atoms with Crippen LogP contribution in [0.4, 0.5) is 0 Å². The van der Waals surface area contributed by atoms with E-state index in [1.54, 1.807) is 12.4 Å². The third-order valence-electron chi connectivity index (χ3n) is 7.68. The largest absolute Gasteiger partial charge is 0.488 e. The van der Waals surface area contributed by atoms with Crippen molar-refractivity contribution in [2.75, 3.05) is 6.61 Å². The Bertz CT molecular complexity index is 1130. The number of piperidine rings is 1. The van der Waals surface area contributed by atoms with Crippen LogP contribution in [0.1, 0.15) is 75.0 Å². The minimum atomic E-state index is -1.74. The highest BCUT2D eigenvalue weighted by atomic mass is 32.3. The summed E-state index contributed by atoms with van der Waals surface area (Å²) in [7, 11) is -1.74. The number of hydrogen-bond acceptors (Lipinski definition) is 5. The van der Waals surface area contributed by atoms with Gasteiger partial charge in [0.15, 0.2) is 5.75 Å². The van der Waals surface area contributed by atoms with Gasteiger partial charge in [0.2, 0.25) is 0 Å². The van der Waals surface area contributed by atoms with E-state index in [0.29, 0.717) is 18.7 Å². The van der Waals surface area contributed by atoms with Crippen molar-refractivity contribution in [2.45, 2.75) is 107 Å². The lowest BCUT2D eigenvalue weighted by Gasteiger charge is -2.51. The molecule has 1 fully saturated rings. The summed E-state index contributed by atoms with van der Waals surface area (Å²) in [6, 6.07) is 22.4. The average molecular weight is 552 g/mol. The van der Waals surface area contributed by atoms with Gasteiger partial charge in [-0.2, -0.15) is 0 Å². The fourth-order valence-electron chi connectivity index (χ4n) is 5.62. The first-order chi connectivity index (χ1) is 18.5. The Labute approximate surface area is 239 Å². The molecule has 1 saturated heterocycles. The first-order valence-corrected chi connectivity index (χ1v) is 15.9. The van der Waals surface area contributed by atoms with Gasteiger partial charge in [0.05, 0.1) is 25.1 Å². The first-order valence-electron chi connectivity index (χ1n) is 14.3. The summed E-state index contributed by atoms with van der Waals surface area (Å²) in [5, 5.41) is 3.96. The molecule has 0 saturated carbocycles. The minimum Gasteiger partial charge on any atom is -0.488 e. The molecule has 1 aliphatic heterocycles. The van der Waals surface area contributed by atoms with Crippen LogP contribution in [0.25, 0.3) is 0 Å². The third kappa shape index (κ3) is 7.03. The molecule has 3 aromatic rings. The molecule has 4 rings (SSSR count). The van der Waals surface area contributed by atoms with Crippen LogP contribution in [0.15, 0.2) is 82.8 Å². The van der Waals surface area contributed by atoms with E-state index in [1.807, 2.05) is 13.8 Å². The highest BCUT2D eigenvalue weighted by Crippen LogP contribution is 2.71. The number of ether oxygens (including phenoxy) is 1. The molecule has 2 unspecified atom stereocenters. The zero-order valence-electron chi connectivity index (χ0n) is 24.8. The third-order valence-corrected chi connectivity index (χ3v) is 11.8. The van der Waals surface area contributed by atoms with Crippen LogP contribution in [-0.2, 0) is 10.6 Å². The number of aromatic nitrogens is 2. The standard InChI is InChI=1S/C33H47N3O2S.H2/c1-25(2)38-27-23-34-31(35-24-27)22-26-18-20-33(6,7)30(36-26)19-21-37-39(32(3,4)5,28-14-10-8-11-15-28)29-16-12-9-13-17-29;/h8-17,23-26,30,36H,18-22H2,1-7H3;1H. The predicted octanol–water partition coefficient (Wildman–Crippen LogP) is 8.24. The van der Waals surface area contributed by atoms with Gasteiger partial charge in [0, 0.05) is 34.5 Å². The molecule has 1 N–H and O–H groups in total. The topological polar surface area (TPSA) is 56.3 Å². The predicted molar refractivity (Wildman–Crippen MR) is 165 cm³/mol. The molecular weight excluding hydrogens is 502 g/mol. The van der Waals surface area contributed by atoms with Crippen LogP contribution in [0, 0.1) is 5.41 Å². The van der Waals surface area contributed by atoms with Gasteiger partial charge >= 0.3 is 0 Å². The smallest absolute Gasteiger partial charge is 0.156 e. The molecule has 0 amide bonds. The van der Waals surface area contributed by atoms with Gasteiger partial charge in [-0.1, -0.05) is 60.6 Å². The van der Waals surface area contributed by atoms with E-state index in [0.717, 1.165) is 30.8 Å². The molecular formula is C33H49N3O2S. The molecule has 1 aliphatic rings. The SMILES string of the molecule is CC(C)Oc1cnc(CC2CCC(C)(C)C(CCOS(c3ccccc3)(c3ccccc3)C(C)(C)C)N2)nc1.[HH]. The first kappa shape index (κ1) is 29.6. The van der Waals surface area contributed by atoms with Crippen LogP contribution in [0.5, 0.6) is 5.75 Å². The molecule has 214 valence electrons. The van der Waals surface area contributed by atoms with Crippen LogP contribution >= 0.6 is 10.3 Å². The Kier molecular flexibility index (Phi) is 9.41. The lowest BCUT2D eigenvalue weighted by molar-refractivity contribution is 0.123. The molecule has 6 heteroatoms. The number of rotatable bonds is 10. The van der Waals surface area contributed by atoms with E-state index in [2.05, 4.69) is 111 Å². The van der Waals surface area contributed by atoms with Gasteiger partial charge in [-0.25, -0.2) is 9.97 Å². The molecule has 0 bridgehead atoms. The summed E-state index contributed by atoms with van der Waals surface area (Å²) in [4.78, 5) is 11.7. The van der Waals surface area contributed by atoms with Crippen molar-refractivity contribution in [3.63, 3.8) is 0 Å². The molecule has 2 aromatic carbocycles. The van der Waals surface area contributed by atoms with E-state index >= 15 is 0 Å². The highest BCUT2D eigenvalue weighted by Gasteiger charge is 2.42. The summed E-state index contributed by atoms with van der Waals surface area (Å²) in [6.07, 6.45) is 7.76. The Hall–Kier alpha value is -2.41. The summed E-state index contributed by atoms with van der Waals surface area (Å²) < 4.78 is 12.8. The van der Waals surface area contributed by atoms with E-state index in [4.69, 9.17) is 8.92 Å². The Morgan fingerprint density at radius 3 is 2.05 bits per heavy atom. The lowest BCUT2D eigenvalue weighted by Crippen LogP contribution is -2.53. The normalized spacial score (nSPS) is 20.1. The van der Waals surface area contributed by atoms with Gasteiger partial charge in [-0.3, -0.25) is 0 Å². The fourth-order valence-corrected chi connectivity index (χ4v) is 9.36. The van der Waals surface area contributed by atoms with Crippen molar-refractivity contribution < 1.29 is 10.3 Å². The van der Waals surface area contributed by atoms with Crippen LogP contribution in [-0.4, -0.2) is 39.5 Å². The fraction of sp³-hybridized carbons (Fsp3) is 0.515. The maximum Gasteiger partial charge on any atom is 0.156 e. The van der Waals surface area contributed by atoms with Crippen LogP contribution in [0.2, 0.25) is 0 Å². The van der Waals surface area contributed by atoms with Gasteiger partial charge < -0.3 is 14.2 Å². The number of nitrogens with zero attached hydrogens (tertiary/aromatic N) is 2. The number of hydrogen-bond donors (Lipinski definition) is 1. The van der Waals surface area contributed by atoms with Crippen LogP contribution < -0.4 is 10.1 Å². The minimum absolute atomic E-state index is 0. The van der Waals surface area contributed by atoms with Crippen molar-refractivity contribution in [3.8, 4) is 5.75 Å². The monoisotopic (exact) mass is 551 g/mol. The summed E-state index contributed by atoms with van der Waals surface area (Å²) in [5.41, 5.74) is 0.189.